The van der Waals surface area contributed by atoms with Crippen LogP contribution in [0.4, 0.5) is 0 Å². The maximum atomic E-state index is 11.9. The molecule has 0 aliphatic heterocycles. The van der Waals surface area contributed by atoms with E-state index in [1.54, 1.807) is 11.8 Å². The number of thioether (sulfide) groups is 1. The third-order valence-corrected chi connectivity index (χ3v) is 5.72. The average Bonchev–Trinajstić information content (AvgIpc) is 3.09. The molecule has 0 aliphatic rings. The largest absolute Gasteiger partial charge is 0.349 e. The number of benzene rings is 2. The van der Waals surface area contributed by atoms with Gasteiger partial charge in [-0.1, -0.05) is 66.2 Å². The fraction of sp³-hybridized carbons (Fsp3) is 0.318. The summed E-state index contributed by atoms with van der Waals surface area (Å²) in [6, 6.07) is 14.2. The van der Waals surface area contributed by atoms with Crippen LogP contribution < -0.4 is 5.32 Å². The number of carbonyl (C=O) groups is 1. The summed E-state index contributed by atoms with van der Waals surface area (Å²) >= 11 is 7.88. The Morgan fingerprint density at radius 2 is 2.00 bits per heavy atom. The maximum absolute atomic E-state index is 11.9. The summed E-state index contributed by atoms with van der Waals surface area (Å²) in [5.41, 5.74) is 4.45. The highest BCUT2D eigenvalue weighted by Crippen LogP contribution is 2.28. The maximum Gasteiger partial charge on any atom is 0.220 e. The molecule has 5 nitrogen and oxygen atoms in total. The molecule has 0 unspecified atom stereocenters. The van der Waals surface area contributed by atoms with Crippen LogP contribution in [0.1, 0.15) is 42.3 Å². The van der Waals surface area contributed by atoms with Crippen molar-refractivity contribution in [3.8, 4) is 5.69 Å². The number of halogens is 1. The first-order valence-electron chi connectivity index (χ1n) is 9.63. The van der Waals surface area contributed by atoms with E-state index in [1.807, 2.05) is 36.6 Å². The van der Waals surface area contributed by atoms with E-state index in [1.165, 1.54) is 11.1 Å². The second-order valence-electron chi connectivity index (χ2n) is 6.97. The topological polar surface area (TPSA) is 59.8 Å². The van der Waals surface area contributed by atoms with Gasteiger partial charge in [0.2, 0.25) is 5.91 Å². The zero-order chi connectivity index (χ0) is 20.8. The molecule has 1 heterocycles. The number of carbonyl (C=O) groups excluding carboxylic acids is 1. The van der Waals surface area contributed by atoms with Gasteiger partial charge in [-0.05, 0) is 43.5 Å². The Kier molecular flexibility index (Phi) is 7.34. The minimum atomic E-state index is 0.0128. The molecule has 1 amide bonds. The molecule has 0 atom stereocenters. The van der Waals surface area contributed by atoms with Gasteiger partial charge in [-0.2, -0.15) is 0 Å². The van der Waals surface area contributed by atoms with Crippen LogP contribution in [0.25, 0.3) is 5.69 Å². The summed E-state index contributed by atoms with van der Waals surface area (Å²) in [5, 5.41) is 13.1. The van der Waals surface area contributed by atoms with Crippen molar-refractivity contribution in [1.82, 2.24) is 20.1 Å². The number of rotatable bonds is 8. The molecule has 0 aliphatic carbocycles. The van der Waals surface area contributed by atoms with Crippen LogP contribution >= 0.6 is 23.4 Å². The van der Waals surface area contributed by atoms with Gasteiger partial charge in [-0.15, -0.1) is 10.2 Å². The monoisotopic (exact) mass is 428 g/mol. The van der Waals surface area contributed by atoms with Gasteiger partial charge in [0.15, 0.2) is 11.0 Å². The molecule has 3 rings (SSSR count). The van der Waals surface area contributed by atoms with Crippen molar-refractivity contribution in [1.29, 1.82) is 0 Å². The van der Waals surface area contributed by atoms with Gasteiger partial charge >= 0.3 is 0 Å². The van der Waals surface area contributed by atoms with Crippen molar-refractivity contribution in [2.45, 2.75) is 51.1 Å². The minimum absolute atomic E-state index is 0.0128. The number of nitrogens with zero attached hydrogens (tertiary/aromatic N) is 3. The molecule has 0 radical (unpaired) electrons. The van der Waals surface area contributed by atoms with Crippen molar-refractivity contribution < 1.29 is 4.79 Å². The van der Waals surface area contributed by atoms with Crippen LogP contribution in [0.3, 0.4) is 0 Å². The number of aromatic nitrogens is 3. The zero-order valence-corrected chi connectivity index (χ0v) is 18.5. The normalized spacial score (nSPS) is 10.9. The molecule has 0 spiro atoms. The molecular weight excluding hydrogens is 404 g/mol. The Morgan fingerprint density at radius 1 is 1.17 bits per heavy atom. The fourth-order valence-corrected chi connectivity index (χ4v) is 4.09. The van der Waals surface area contributed by atoms with E-state index in [-0.39, 0.29) is 5.91 Å². The average molecular weight is 429 g/mol. The minimum Gasteiger partial charge on any atom is -0.349 e. The van der Waals surface area contributed by atoms with E-state index < -0.39 is 0 Å². The quantitative estimate of drug-likeness (QED) is 0.498. The highest BCUT2D eigenvalue weighted by atomic mass is 35.5. The third-order valence-electron chi connectivity index (χ3n) is 4.48. The Balaban J connectivity index is 1.91. The number of hydrogen-bond acceptors (Lipinski definition) is 4. The number of nitrogens with one attached hydrogen (secondary N) is 1. The lowest BCUT2D eigenvalue weighted by molar-refractivity contribution is -0.121. The first kappa shape index (κ1) is 21.4. The van der Waals surface area contributed by atoms with Crippen molar-refractivity contribution in [3.05, 3.63) is 70.0 Å². The first-order valence-corrected chi connectivity index (χ1v) is 11.0. The summed E-state index contributed by atoms with van der Waals surface area (Å²) < 4.78 is 1.99. The molecule has 1 aromatic heterocycles. The van der Waals surface area contributed by atoms with Gasteiger partial charge in [0.25, 0.3) is 0 Å². The van der Waals surface area contributed by atoms with E-state index in [4.69, 9.17) is 11.6 Å². The highest BCUT2D eigenvalue weighted by molar-refractivity contribution is 7.98. The summed E-state index contributed by atoms with van der Waals surface area (Å²) in [7, 11) is 0. The van der Waals surface area contributed by atoms with Crippen LogP contribution in [0.15, 0.2) is 47.6 Å². The van der Waals surface area contributed by atoms with Gasteiger partial charge in [0.1, 0.15) is 0 Å². The molecule has 2 aromatic carbocycles. The lowest BCUT2D eigenvalue weighted by atomic mass is 10.2. The summed E-state index contributed by atoms with van der Waals surface area (Å²) in [4.78, 5) is 11.9. The lowest BCUT2D eigenvalue weighted by Crippen LogP contribution is -2.24. The van der Waals surface area contributed by atoms with Gasteiger partial charge in [0, 0.05) is 17.2 Å². The number of hydrogen-bond donors (Lipinski definition) is 1. The van der Waals surface area contributed by atoms with E-state index in [0.717, 1.165) is 28.6 Å². The molecule has 7 heteroatoms. The summed E-state index contributed by atoms with van der Waals surface area (Å²) in [6.45, 7) is 6.42. The number of aryl methyl sites for hydroxylation is 2. The SMILES string of the molecule is CCCC(=O)NCc1nnc(SCc2cccc(C)c2)n1-c1cc(Cl)ccc1C. The molecule has 0 fully saturated rings. The molecule has 1 N–H and O–H groups in total. The smallest absolute Gasteiger partial charge is 0.220 e. The molecule has 0 bridgehead atoms. The van der Waals surface area contributed by atoms with E-state index in [2.05, 4.69) is 46.7 Å². The number of amides is 1. The predicted octanol–water partition coefficient (Wildman–Crippen LogP) is 5.25. The highest BCUT2D eigenvalue weighted by Gasteiger charge is 2.17. The Bertz CT molecular complexity index is 1000. The van der Waals surface area contributed by atoms with Crippen molar-refractivity contribution in [2.75, 3.05) is 0 Å². The molecule has 29 heavy (non-hydrogen) atoms. The third kappa shape index (κ3) is 5.61. The first-order chi connectivity index (χ1) is 14.0. The molecular formula is C22H25ClN4OS. The zero-order valence-electron chi connectivity index (χ0n) is 16.9. The standard InChI is InChI=1S/C22H25ClN4OS/c1-4-6-21(28)24-13-20-25-26-22(29-14-17-8-5-7-15(2)11-17)27(20)19-12-18(23)10-9-16(19)3/h5,7-12H,4,6,13-14H2,1-3H3,(H,24,28). The van der Waals surface area contributed by atoms with Crippen LogP contribution in [0, 0.1) is 13.8 Å². The molecule has 0 saturated heterocycles. The van der Waals surface area contributed by atoms with Crippen LogP contribution in [0.5, 0.6) is 0 Å². The van der Waals surface area contributed by atoms with Gasteiger partial charge < -0.3 is 5.32 Å². The second-order valence-corrected chi connectivity index (χ2v) is 8.35. The second kappa shape index (κ2) is 9.94. The van der Waals surface area contributed by atoms with E-state index in [9.17, 15) is 4.79 Å². The predicted molar refractivity (Wildman–Crippen MR) is 119 cm³/mol. The van der Waals surface area contributed by atoms with E-state index in [0.29, 0.717) is 23.8 Å². The summed E-state index contributed by atoms with van der Waals surface area (Å²) in [5.74, 6) is 1.48. The van der Waals surface area contributed by atoms with Crippen LogP contribution in [-0.4, -0.2) is 20.7 Å². The Labute approximate surface area is 180 Å². The Morgan fingerprint density at radius 3 is 2.76 bits per heavy atom. The molecule has 3 aromatic rings. The van der Waals surface area contributed by atoms with Crippen molar-refractivity contribution >= 4 is 29.3 Å². The van der Waals surface area contributed by atoms with Crippen molar-refractivity contribution in [2.24, 2.45) is 0 Å². The van der Waals surface area contributed by atoms with E-state index >= 15 is 0 Å². The van der Waals surface area contributed by atoms with Gasteiger partial charge in [-0.3, -0.25) is 9.36 Å². The fourth-order valence-electron chi connectivity index (χ4n) is 3.02. The van der Waals surface area contributed by atoms with Crippen molar-refractivity contribution in [3.63, 3.8) is 0 Å². The summed E-state index contributed by atoms with van der Waals surface area (Å²) in [6.07, 6.45) is 1.31. The molecule has 152 valence electrons. The van der Waals surface area contributed by atoms with Crippen LogP contribution in [-0.2, 0) is 17.1 Å². The molecule has 0 saturated carbocycles. The van der Waals surface area contributed by atoms with Gasteiger partial charge in [-0.25, -0.2) is 0 Å². The lowest BCUT2D eigenvalue weighted by Gasteiger charge is -2.14. The van der Waals surface area contributed by atoms with Crippen LogP contribution in [0.2, 0.25) is 5.02 Å². The Hall–Kier alpha value is -2.31. The van der Waals surface area contributed by atoms with Gasteiger partial charge in [0.05, 0.1) is 12.2 Å².